The van der Waals surface area contributed by atoms with Gasteiger partial charge in [0.2, 0.25) is 10.0 Å². The van der Waals surface area contributed by atoms with E-state index in [1.54, 1.807) is 0 Å². The Hall–Kier alpha value is -2.09. The highest BCUT2D eigenvalue weighted by molar-refractivity contribution is 7.89. The van der Waals surface area contributed by atoms with E-state index >= 15 is 0 Å². The van der Waals surface area contributed by atoms with Crippen LogP contribution in [0.1, 0.15) is 43.7 Å². The Labute approximate surface area is 191 Å². The fourth-order valence-corrected chi connectivity index (χ4v) is 6.14. The summed E-state index contributed by atoms with van der Waals surface area (Å²) in [5.74, 6) is 2.37. The largest absolute Gasteiger partial charge is 0.492 e. The zero-order valence-electron chi connectivity index (χ0n) is 19.1. The second-order valence-corrected chi connectivity index (χ2v) is 11.3. The van der Waals surface area contributed by atoms with Gasteiger partial charge in [0, 0.05) is 18.0 Å². The Morgan fingerprint density at radius 3 is 2.56 bits per heavy atom. The van der Waals surface area contributed by atoms with Crippen LogP contribution in [0.5, 0.6) is 11.5 Å². The van der Waals surface area contributed by atoms with Gasteiger partial charge in [-0.2, -0.15) is 0 Å². The van der Waals surface area contributed by atoms with Crippen LogP contribution in [0.4, 0.5) is 0 Å². The summed E-state index contributed by atoms with van der Waals surface area (Å²) in [5, 5.41) is 3.47. The third-order valence-corrected chi connectivity index (χ3v) is 7.91. The zero-order valence-corrected chi connectivity index (χ0v) is 20.0. The van der Waals surface area contributed by atoms with Crippen LogP contribution in [0, 0.1) is 5.92 Å². The quantitative estimate of drug-likeness (QED) is 0.533. The Morgan fingerprint density at radius 1 is 1.12 bits per heavy atom. The maximum absolute atomic E-state index is 12.0. The molecule has 2 N–H and O–H groups in total. The van der Waals surface area contributed by atoms with E-state index in [0.29, 0.717) is 5.92 Å². The molecule has 0 amide bonds. The van der Waals surface area contributed by atoms with E-state index in [4.69, 9.17) is 9.47 Å². The summed E-state index contributed by atoms with van der Waals surface area (Å²) in [5.41, 5.74) is 2.03. The van der Waals surface area contributed by atoms with Gasteiger partial charge in [-0.05, 0) is 69.8 Å². The Morgan fingerprint density at radius 2 is 1.88 bits per heavy atom. The highest BCUT2D eigenvalue weighted by Crippen LogP contribution is 2.44. The molecule has 0 radical (unpaired) electrons. The lowest BCUT2D eigenvalue weighted by molar-refractivity contribution is 0.0364. The van der Waals surface area contributed by atoms with Crippen LogP contribution < -0.4 is 19.5 Å². The van der Waals surface area contributed by atoms with Crippen molar-refractivity contribution in [3.63, 3.8) is 0 Å². The van der Waals surface area contributed by atoms with Crippen molar-refractivity contribution in [2.24, 2.45) is 5.92 Å². The van der Waals surface area contributed by atoms with Crippen LogP contribution in [-0.4, -0.2) is 46.0 Å². The standard InChI is InChI=1S/C25H34N2O4S/c1-25(2)24(26-3)22(15-18-7-5-4-6-8-18)21-16-20(11-12-23(21)31-25)30-14-13-27-32(28,29)17-19-9-10-19/h4-8,11-12,16,19,22,24,26-27H,9-10,13-15,17H2,1-3H3/t22-,24+/m0/s1. The Kier molecular flexibility index (Phi) is 6.79. The maximum atomic E-state index is 12.0. The van der Waals surface area contributed by atoms with Crippen LogP contribution >= 0.6 is 0 Å². The minimum atomic E-state index is -3.21. The van der Waals surface area contributed by atoms with Crippen molar-refractivity contribution < 1.29 is 17.9 Å². The van der Waals surface area contributed by atoms with E-state index in [0.717, 1.165) is 36.3 Å². The van der Waals surface area contributed by atoms with Gasteiger partial charge in [-0.1, -0.05) is 30.3 Å². The molecule has 174 valence electrons. The molecule has 6 nitrogen and oxygen atoms in total. The topological polar surface area (TPSA) is 76.7 Å². The van der Waals surface area contributed by atoms with Gasteiger partial charge in [0.15, 0.2) is 0 Å². The van der Waals surface area contributed by atoms with Gasteiger partial charge in [0.1, 0.15) is 23.7 Å². The van der Waals surface area contributed by atoms with E-state index in [2.05, 4.69) is 48.2 Å². The maximum Gasteiger partial charge on any atom is 0.211 e. The molecule has 7 heteroatoms. The molecule has 1 saturated carbocycles. The number of likely N-dealkylation sites (N-methyl/N-ethyl adjacent to an activating group) is 1. The number of nitrogens with one attached hydrogen (secondary N) is 2. The summed E-state index contributed by atoms with van der Waals surface area (Å²) < 4.78 is 39.0. The van der Waals surface area contributed by atoms with Crippen molar-refractivity contribution in [3.8, 4) is 11.5 Å². The van der Waals surface area contributed by atoms with E-state index in [1.165, 1.54) is 5.56 Å². The smallest absolute Gasteiger partial charge is 0.211 e. The number of ether oxygens (including phenoxy) is 2. The average Bonchev–Trinajstić information content (AvgIpc) is 3.55. The first-order valence-electron chi connectivity index (χ1n) is 11.4. The summed E-state index contributed by atoms with van der Waals surface area (Å²) in [6, 6.07) is 16.5. The van der Waals surface area contributed by atoms with Gasteiger partial charge >= 0.3 is 0 Å². The summed E-state index contributed by atoms with van der Waals surface area (Å²) in [7, 11) is -1.23. The lowest BCUT2D eigenvalue weighted by Gasteiger charge is -2.45. The van der Waals surface area contributed by atoms with Crippen LogP contribution in [0.3, 0.4) is 0 Å². The Bertz CT molecular complexity index is 1020. The van der Waals surface area contributed by atoms with Crippen LogP contribution in [0.15, 0.2) is 48.5 Å². The van der Waals surface area contributed by atoms with Crippen molar-refractivity contribution in [3.05, 3.63) is 59.7 Å². The van der Waals surface area contributed by atoms with E-state index < -0.39 is 10.0 Å². The molecule has 1 fully saturated rings. The molecule has 0 spiro atoms. The number of fused-ring (bicyclic) bond motifs is 1. The Balaban J connectivity index is 1.47. The molecule has 0 bridgehead atoms. The zero-order chi connectivity index (χ0) is 22.8. The van der Waals surface area contributed by atoms with Crippen LogP contribution in [0.2, 0.25) is 0 Å². The fourth-order valence-electron chi connectivity index (χ4n) is 4.67. The van der Waals surface area contributed by atoms with E-state index in [9.17, 15) is 8.42 Å². The van der Waals surface area contributed by atoms with Crippen molar-refractivity contribution in [1.29, 1.82) is 0 Å². The third-order valence-electron chi connectivity index (χ3n) is 6.36. The van der Waals surface area contributed by atoms with Crippen LogP contribution in [-0.2, 0) is 16.4 Å². The normalized spacial score (nSPS) is 22.1. The molecule has 2 aromatic carbocycles. The molecule has 2 aliphatic rings. The van der Waals surface area contributed by atoms with Crippen LogP contribution in [0.25, 0.3) is 0 Å². The fraction of sp³-hybridized carbons (Fsp3) is 0.520. The molecule has 0 unspecified atom stereocenters. The minimum Gasteiger partial charge on any atom is -0.492 e. The SMILES string of the molecule is CN[C@@H]1[C@@H](Cc2ccccc2)c2cc(OCCNS(=O)(=O)CC3CC3)ccc2OC1(C)C. The molecule has 32 heavy (non-hydrogen) atoms. The first-order valence-corrected chi connectivity index (χ1v) is 13.1. The summed E-state index contributed by atoms with van der Waals surface area (Å²) in [4.78, 5) is 0. The van der Waals surface area contributed by atoms with Crippen molar-refractivity contribution in [1.82, 2.24) is 10.0 Å². The molecular formula is C25H34N2O4S. The summed E-state index contributed by atoms with van der Waals surface area (Å²) >= 11 is 0. The molecule has 0 aromatic heterocycles. The first-order chi connectivity index (χ1) is 15.3. The molecule has 0 saturated heterocycles. The molecular weight excluding hydrogens is 424 g/mol. The summed E-state index contributed by atoms with van der Waals surface area (Å²) in [6.45, 7) is 4.79. The average molecular weight is 459 g/mol. The van der Waals surface area contributed by atoms with E-state index in [1.807, 2.05) is 31.3 Å². The third kappa shape index (κ3) is 5.63. The molecule has 4 rings (SSSR count). The lowest BCUT2D eigenvalue weighted by Crippen LogP contribution is -2.55. The van der Waals surface area contributed by atoms with Crippen molar-refractivity contribution >= 4 is 10.0 Å². The van der Waals surface area contributed by atoms with Gasteiger partial charge in [-0.25, -0.2) is 13.1 Å². The number of sulfonamides is 1. The van der Waals surface area contributed by atoms with Crippen molar-refractivity contribution in [2.75, 3.05) is 26.0 Å². The summed E-state index contributed by atoms with van der Waals surface area (Å²) in [6.07, 6.45) is 2.92. The molecule has 1 aliphatic carbocycles. The number of benzene rings is 2. The van der Waals surface area contributed by atoms with Gasteiger partial charge < -0.3 is 14.8 Å². The molecule has 2 aromatic rings. The second kappa shape index (κ2) is 9.41. The molecule has 2 atom stereocenters. The highest BCUT2D eigenvalue weighted by atomic mass is 32.2. The van der Waals surface area contributed by atoms with Gasteiger partial charge in [0.25, 0.3) is 0 Å². The van der Waals surface area contributed by atoms with Gasteiger partial charge in [-0.3, -0.25) is 0 Å². The highest BCUT2D eigenvalue weighted by Gasteiger charge is 2.43. The number of hydrogen-bond donors (Lipinski definition) is 2. The predicted octanol–water partition coefficient (Wildman–Crippen LogP) is 3.48. The number of hydrogen-bond acceptors (Lipinski definition) is 5. The minimum absolute atomic E-state index is 0.125. The van der Waals surface area contributed by atoms with Gasteiger partial charge in [0.05, 0.1) is 11.8 Å². The molecule has 1 aliphatic heterocycles. The second-order valence-electron chi connectivity index (χ2n) is 9.44. The molecule has 1 heterocycles. The van der Waals surface area contributed by atoms with Crippen molar-refractivity contribution in [2.45, 2.75) is 50.7 Å². The number of rotatable bonds is 10. The van der Waals surface area contributed by atoms with Gasteiger partial charge in [-0.15, -0.1) is 0 Å². The predicted molar refractivity (Wildman–Crippen MR) is 127 cm³/mol. The first kappa shape index (κ1) is 23.1. The monoisotopic (exact) mass is 458 g/mol. The lowest BCUT2D eigenvalue weighted by atomic mass is 9.76. The van der Waals surface area contributed by atoms with E-state index in [-0.39, 0.29) is 36.5 Å².